The van der Waals surface area contributed by atoms with Crippen LogP contribution in [-0.2, 0) is 30.8 Å². The van der Waals surface area contributed by atoms with Gasteiger partial charge in [0.15, 0.2) is 0 Å². The van der Waals surface area contributed by atoms with Crippen LogP contribution in [0.25, 0.3) is 0 Å². The maximum atomic E-state index is 13.2. The van der Waals surface area contributed by atoms with Gasteiger partial charge in [-0.15, -0.1) is 0 Å². The van der Waals surface area contributed by atoms with Crippen molar-refractivity contribution in [2.75, 3.05) is 13.2 Å². The molecule has 1 heterocycles. The molecule has 0 bridgehead atoms. The first kappa shape index (κ1) is 22.6. The Morgan fingerprint density at radius 2 is 1.56 bits per heavy atom. The lowest BCUT2D eigenvalue weighted by atomic mass is 10.1. The Hall–Kier alpha value is -0.730. The van der Waals surface area contributed by atoms with Crippen molar-refractivity contribution < 1.29 is 31.0 Å². The fourth-order valence-electron chi connectivity index (χ4n) is 2.77. The van der Waals surface area contributed by atoms with Crippen LogP contribution in [0, 0.1) is 0 Å². The summed E-state index contributed by atoms with van der Waals surface area (Å²) in [5.41, 5.74) is -0.282. The van der Waals surface area contributed by atoms with Gasteiger partial charge in [0, 0.05) is 0 Å². The van der Waals surface area contributed by atoms with Crippen molar-refractivity contribution in [1.82, 2.24) is 4.31 Å². The van der Waals surface area contributed by atoms with Crippen molar-refractivity contribution in [3.05, 3.63) is 35.4 Å². The Morgan fingerprint density at radius 3 is 1.93 bits per heavy atom. The standard InChI is InChI=1S/C17H25F3NO4PS/c1-6-24-26(22,25-7-2)15-14(21(15)27(23)16(3,4)5)12-8-10-13(11-9-12)17(18,19)20/h8-11,14-15H,6-7H2,1-5H3/t14-,15+,21?,27+/m1/s1. The van der Waals surface area contributed by atoms with Gasteiger partial charge in [0.25, 0.3) is 0 Å². The van der Waals surface area contributed by atoms with Crippen LogP contribution in [0.5, 0.6) is 0 Å². The minimum Gasteiger partial charge on any atom is -0.308 e. The highest BCUT2D eigenvalue weighted by molar-refractivity contribution is 7.84. The van der Waals surface area contributed by atoms with Gasteiger partial charge in [-0.05, 0) is 52.3 Å². The van der Waals surface area contributed by atoms with E-state index in [0.29, 0.717) is 5.56 Å². The maximum Gasteiger partial charge on any atom is 0.416 e. The third-order valence-electron chi connectivity index (χ3n) is 3.96. The minimum atomic E-state index is -4.44. The molecule has 1 saturated heterocycles. The molecular formula is C17H25F3NO4PS. The van der Waals surface area contributed by atoms with Crippen LogP contribution in [0.15, 0.2) is 24.3 Å². The summed E-state index contributed by atoms with van der Waals surface area (Å²) in [6.07, 6.45) is -4.44. The van der Waals surface area contributed by atoms with Crippen molar-refractivity contribution in [3.8, 4) is 0 Å². The van der Waals surface area contributed by atoms with Gasteiger partial charge in [0.05, 0.1) is 29.6 Å². The van der Waals surface area contributed by atoms with Crippen LogP contribution >= 0.6 is 7.60 Å². The molecule has 1 aromatic carbocycles. The maximum absolute atomic E-state index is 13.2. The van der Waals surface area contributed by atoms with Gasteiger partial charge in [-0.25, -0.2) is 4.21 Å². The summed E-state index contributed by atoms with van der Waals surface area (Å²) in [4.78, 5) is 0. The van der Waals surface area contributed by atoms with Crippen molar-refractivity contribution in [2.24, 2.45) is 0 Å². The summed E-state index contributed by atoms with van der Waals surface area (Å²) in [5, 5.41) is 0. The largest absolute Gasteiger partial charge is 0.416 e. The molecule has 2 rings (SSSR count). The first-order chi connectivity index (χ1) is 12.4. The molecule has 0 radical (unpaired) electrons. The third-order valence-corrected chi connectivity index (χ3v) is 8.42. The predicted octanol–water partition coefficient (Wildman–Crippen LogP) is 5.12. The van der Waals surface area contributed by atoms with Gasteiger partial charge in [-0.2, -0.15) is 17.5 Å². The number of rotatable bonds is 7. The molecule has 0 spiro atoms. The van der Waals surface area contributed by atoms with E-state index < -0.39 is 46.9 Å². The SMILES string of the molecule is CCOP(=O)(OCC)[C@H]1[C@@H](c2ccc(C(F)(F)F)cc2)N1[S@@](=O)C(C)(C)C. The third kappa shape index (κ3) is 4.82. The lowest BCUT2D eigenvalue weighted by molar-refractivity contribution is -0.137. The number of alkyl halides is 3. The van der Waals surface area contributed by atoms with Crippen LogP contribution in [0.3, 0.4) is 0 Å². The molecule has 0 aromatic heterocycles. The monoisotopic (exact) mass is 427 g/mol. The Morgan fingerprint density at radius 1 is 1.07 bits per heavy atom. The molecule has 1 fully saturated rings. The van der Waals surface area contributed by atoms with Crippen molar-refractivity contribution >= 4 is 18.6 Å². The summed E-state index contributed by atoms with van der Waals surface area (Å²) in [7, 11) is -5.15. The molecule has 1 unspecified atom stereocenters. The summed E-state index contributed by atoms with van der Waals surface area (Å²) in [5.74, 6) is -0.797. The first-order valence-electron chi connectivity index (χ1n) is 8.63. The van der Waals surface area contributed by atoms with Crippen LogP contribution in [0.2, 0.25) is 0 Å². The molecule has 0 amide bonds. The quantitative estimate of drug-likeness (QED) is 0.448. The highest BCUT2D eigenvalue weighted by atomic mass is 32.2. The fraction of sp³-hybridized carbons (Fsp3) is 0.647. The van der Waals surface area contributed by atoms with Gasteiger partial charge in [0.1, 0.15) is 16.8 Å². The average molecular weight is 427 g/mol. The molecule has 0 saturated carbocycles. The summed E-state index contributed by atoms with van der Waals surface area (Å²) < 4.78 is 76.3. The molecule has 154 valence electrons. The first-order valence-corrected chi connectivity index (χ1v) is 11.3. The average Bonchev–Trinajstić information content (AvgIpc) is 3.29. The smallest absolute Gasteiger partial charge is 0.308 e. The molecule has 1 aliphatic rings. The highest BCUT2D eigenvalue weighted by Gasteiger charge is 2.65. The zero-order valence-electron chi connectivity index (χ0n) is 15.9. The zero-order valence-corrected chi connectivity index (χ0v) is 17.7. The summed E-state index contributed by atoms with van der Waals surface area (Å²) in [6.45, 7) is 8.95. The van der Waals surface area contributed by atoms with Crippen LogP contribution < -0.4 is 0 Å². The lowest BCUT2D eigenvalue weighted by Crippen LogP contribution is -2.28. The van der Waals surface area contributed by atoms with E-state index in [-0.39, 0.29) is 13.2 Å². The van der Waals surface area contributed by atoms with E-state index in [1.807, 2.05) is 0 Å². The molecule has 1 aliphatic heterocycles. The Labute approximate surface area is 160 Å². The minimum absolute atomic E-state index is 0.142. The van der Waals surface area contributed by atoms with E-state index in [0.717, 1.165) is 12.1 Å². The molecule has 1 aromatic rings. The number of halogens is 3. The topological polar surface area (TPSA) is 55.6 Å². The van der Waals surface area contributed by atoms with E-state index in [4.69, 9.17) is 9.05 Å². The van der Waals surface area contributed by atoms with Gasteiger partial charge in [0.2, 0.25) is 0 Å². The molecule has 10 heteroatoms. The van der Waals surface area contributed by atoms with Gasteiger partial charge in [-0.1, -0.05) is 12.1 Å². The Bertz CT molecular complexity index is 723. The van der Waals surface area contributed by atoms with Crippen molar-refractivity contribution in [1.29, 1.82) is 0 Å². The van der Waals surface area contributed by atoms with Crippen molar-refractivity contribution in [2.45, 2.75) is 57.4 Å². The number of hydrogen-bond acceptors (Lipinski definition) is 4. The second-order valence-corrected chi connectivity index (χ2v) is 11.3. The molecule has 4 atom stereocenters. The highest BCUT2D eigenvalue weighted by Crippen LogP contribution is 2.69. The second-order valence-electron chi connectivity index (χ2n) is 7.08. The normalized spacial score (nSPS) is 24.7. The van der Waals surface area contributed by atoms with Gasteiger partial charge in [-0.3, -0.25) is 4.57 Å². The zero-order chi connectivity index (χ0) is 20.6. The molecule has 27 heavy (non-hydrogen) atoms. The number of hydrogen-bond donors (Lipinski definition) is 0. The van der Waals surface area contributed by atoms with Crippen LogP contribution in [-0.4, -0.2) is 32.3 Å². The fourth-order valence-corrected chi connectivity index (χ4v) is 6.90. The molecule has 0 aliphatic carbocycles. The summed E-state index contributed by atoms with van der Waals surface area (Å²) >= 11 is 0. The summed E-state index contributed by atoms with van der Waals surface area (Å²) in [6, 6.07) is 3.98. The number of nitrogens with zero attached hydrogens (tertiary/aromatic N) is 1. The van der Waals surface area contributed by atoms with Crippen LogP contribution in [0.4, 0.5) is 13.2 Å². The Kier molecular flexibility index (Phi) is 6.64. The molecule has 0 N–H and O–H groups in total. The number of benzene rings is 1. The van der Waals surface area contributed by atoms with E-state index in [2.05, 4.69) is 0 Å². The van der Waals surface area contributed by atoms with Gasteiger partial charge < -0.3 is 9.05 Å². The van der Waals surface area contributed by atoms with Crippen LogP contribution in [0.1, 0.15) is 51.8 Å². The Balaban J connectivity index is 2.41. The second kappa shape index (κ2) is 7.95. The lowest BCUT2D eigenvalue weighted by Gasteiger charge is -2.21. The van der Waals surface area contributed by atoms with Gasteiger partial charge >= 0.3 is 13.8 Å². The van der Waals surface area contributed by atoms with Crippen molar-refractivity contribution in [3.63, 3.8) is 0 Å². The van der Waals surface area contributed by atoms with E-state index in [1.165, 1.54) is 16.4 Å². The van der Waals surface area contributed by atoms with E-state index in [1.54, 1.807) is 34.6 Å². The van der Waals surface area contributed by atoms with E-state index >= 15 is 0 Å². The van der Waals surface area contributed by atoms with E-state index in [9.17, 15) is 21.9 Å². The predicted molar refractivity (Wildman–Crippen MR) is 98.6 cm³/mol. The molecular weight excluding hydrogens is 402 g/mol. The molecule has 5 nitrogen and oxygen atoms in total.